The van der Waals surface area contributed by atoms with E-state index in [4.69, 9.17) is 11.6 Å². The van der Waals surface area contributed by atoms with Gasteiger partial charge < -0.3 is 10.6 Å². The molecule has 2 N–H and O–H groups in total. The second kappa shape index (κ2) is 8.49. The number of aryl methyl sites for hydroxylation is 1. The summed E-state index contributed by atoms with van der Waals surface area (Å²) in [5.41, 5.74) is 2.57. The number of rotatable bonds is 4. The number of carbonyl (C=O) groups excluding carboxylic acids is 2. The molecule has 2 amide bonds. The minimum atomic E-state index is -0.149. The van der Waals surface area contributed by atoms with Crippen LogP contribution in [-0.4, -0.2) is 37.8 Å². The molecule has 0 spiro atoms. The van der Waals surface area contributed by atoms with Crippen LogP contribution in [0.4, 0.5) is 5.82 Å². The lowest BCUT2D eigenvalue weighted by Crippen LogP contribution is -2.40. The van der Waals surface area contributed by atoms with Crippen molar-refractivity contribution in [3.8, 4) is 11.3 Å². The molecule has 29 heavy (non-hydrogen) atoms. The Balaban J connectivity index is 1.50. The van der Waals surface area contributed by atoms with Crippen LogP contribution >= 0.6 is 11.6 Å². The van der Waals surface area contributed by atoms with Gasteiger partial charge in [-0.05, 0) is 44.6 Å². The van der Waals surface area contributed by atoms with Crippen LogP contribution in [0.5, 0.6) is 0 Å². The van der Waals surface area contributed by atoms with Gasteiger partial charge in [0.2, 0.25) is 11.8 Å². The van der Waals surface area contributed by atoms with Crippen LogP contribution in [-0.2, 0) is 22.6 Å². The fourth-order valence-electron chi connectivity index (χ4n) is 4.29. The Morgan fingerprint density at radius 3 is 2.93 bits per heavy atom. The van der Waals surface area contributed by atoms with Gasteiger partial charge in [-0.1, -0.05) is 23.2 Å². The van der Waals surface area contributed by atoms with Gasteiger partial charge in [-0.2, -0.15) is 0 Å². The second-order valence-corrected chi connectivity index (χ2v) is 8.27. The molecule has 4 rings (SSSR count). The van der Waals surface area contributed by atoms with Gasteiger partial charge in [-0.15, -0.1) is 5.10 Å². The molecule has 2 atom stereocenters. The largest absolute Gasteiger partial charge is 0.354 e. The number of hydrogen-bond donors (Lipinski definition) is 2. The van der Waals surface area contributed by atoms with E-state index in [9.17, 15) is 9.59 Å². The first-order valence-electron chi connectivity index (χ1n) is 10.2. The van der Waals surface area contributed by atoms with Crippen LogP contribution in [0, 0.1) is 5.92 Å². The third-order valence-corrected chi connectivity index (χ3v) is 5.99. The highest BCUT2D eigenvalue weighted by Crippen LogP contribution is 2.33. The number of fused-ring (bicyclic) bond motifs is 1. The standard InChI is InChI=1S/C20H25ClN6O2/c1-12(28)23-14-6-4-5-13(9-14)20(29)24-18-10-15(16(21)11-22-18)19-17-7-2-3-8-27(17)26-25-19/h10-11,13-14H,2-9H2,1H3,(H,23,28)(H,22,24,29)/t13-,14+/m0/s1. The summed E-state index contributed by atoms with van der Waals surface area (Å²) < 4.78 is 1.93. The van der Waals surface area contributed by atoms with E-state index >= 15 is 0 Å². The van der Waals surface area contributed by atoms with Crippen molar-refractivity contribution in [2.24, 2.45) is 5.92 Å². The molecule has 0 saturated heterocycles. The predicted molar refractivity (Wildman–Crippen MR) is 109 cm³/mol. The molecule has 154 valence electrons. The first-order chi connectivity index (χ1) is 14.0. The quantitative estimate of drug-likeness (QED) is 0.797. The van der Waals surface area contributed by atoms with Gasteiger partial charge >= 0.3 is 0 Å². The van der Waals surface area contributed by atoms with Gasteiger partial charge in [0.25, 0.3) is 0 Å². The topological polar surface area (TPSA) is 102 Å². The molecule has 0 radical (unpaired) electrons. The number of nitrogens with zero attached hydrogens (tertiary/aromatic N) is 4. The minimum Gasteiger partial charge on any atom is -0.354 e. The van der Waals surface area contributed by atoms with Gasteiger partial charge in [0.15, 0.2) is 0 Å². The molecular formula is C20H25ClN6O2. The Morgan fingerprint density at radius 2 is 2.10 bits per heavy atom. The summed E-state index contributed by atoms with van der Waals surface area (Å²) in [6, 6.07) is 1.82. The Bertz CT molecular complexity index is 928. The fourth-order valence-corrected chi connectivity index (χ4v) is 4.48. The summed E-state index contributed by atoms with van der Waals surface area (Å²) in [6.07, 6.45) is 7.92. The maximum atomic E-state index is 12.8. The number of aromatic nitrogens is 4. The Kier molecular flexibility index (Phi) is 5.80. The zero-order chi connectivity index (χ0) is 20.4. The highest BCUT2D eigenvalue weighted by atomic mass is 35.5. The van der Waals surface area contributed by atoms with Crippen LogP contribution in [0.1, 0.15) is 51.1 Å². The molecule has 3 heterocycles. The highest BCUT2D eigenvalue weighted by molar-refractivity contribution is 6.33. The first-order valence-corrected chi connectivity index (χ1v) is 10.6. The first kappa shape index (κ1) is 19.8. The molecule has 9 heteroatoms. The summed E-state index contributed by atoms with van der Waals surface area (Å²) >= 11 is 6.39. The van der Waals surface area contributed by atoms with E-state index in [1.807, 2.05) is 4.68 Å². The molecule has 1 fully saturated rings. The van der Waals surface area contributed by atoms with Gasteiger partial charge in [-0.3, -0.25) is 9.59 Å². The van der Waals surface area contributed by atoms with Crippen molar-refractivity contribution in [1.29, 1.82) is 0 Å². The normalized spacial score (nSPS) is 21.3. The number of pyridine rings is 1. The molecule has 2 aliphatic rings. The van der Waals surface area contributed by atoms with Crippen molar-refractivity contribution in [1.82, 2.24) is 25.3 Å². The highest BCUT2D eigenvalue weighted by Gasteiger charge is 2.28. The lowest BCUT2D eigenvalue weighted by Gasteiger charge is -2.28. The van der Waals surface area contributed by atoms with Gasteiger partial charge in [0.1, 0.15) is 11.5 Å². The van der Waals surface area contributed by atoms with Crippen molar-refractivity contribution >= 4 is 29.2 Å². The maximum absolute atomic E-state index is 12.8. The van der Waals surface area contributed by atoms with E-state index in [1.165, 1.54) is 6.92 Å². The lowest BCUT2D eigenvalue weighted by atomic mass is 9.85. The monoisotopic (exact) mass is 416 g/mol. The summed E-state index contributed by atoms with van der Waals surface area (Å²) in [7, 11) is 0. The zero-order valence-electron chi connectivity index (χ0n) is 16.4. The van der Waals surface area contributed by atoms with E-state index < -0.39 is 0 Å². The van der Waals surface area contributed by atoms with Crippen molar-refractivity contribution in [2.45, 2.75) is 64.5 Å². The van der Waals surface area contributed by atoms with Crippen molar-refractivity contribution in [3.05, 3.63) is 23.0 Å². The van der Waals surface area contributed by atoms with Crippen molar-refractivity contribution in [3.63, 3.8) is 0 Å². The number of halogens is 1. The van der Waals surface area contributed by atoms with Crippen LogP contribution in [0.25, 0.3) is 11.3 Å². The van der Waals surface area contributed by atoms with Crippen molar-refractivity contribution < 1.29 is 9.59 Å². The number of hydrogen-bond acceptors (Lipinski definition) is 5. The lowest BCUT2D eigenvalue weighted by molar-refractivity contribution is -0.123. The average Bonchev–Trinajstić information content (AvgIpc) is 3.13. The molecule has 1 aliphatic heterocycles. The Morgan fingerprint density at radius 1 is 1.24 bits per heavy atom. The van der Waals surface area contributed by atoms with E-state index in [1.54, 1.807) is 12.3 Å². The smallest absolute Gasteiger partial charge is 0.228 e. The summed E-state index contributed by atoms with van der Waals surface area (Å²) in [4.78, 5) is 28.4. The molecule has 0 bridgehead atoms. The summed E-state index contributed by atoms with van der Waals surface area (Å²) in [5, 5.41) is 14.9. The van der Waals surface area contributed by atoms with Gasteiger partial charge in [-0.25, -0.2) is 9.67 Å². The number of amides is 2. The van der Waals surface area contributed by atoms with Crippen LogP contribution in [0.2, 0.25) is 5.02 Å². The molecule has 8 nitrogen and oxygen atoms in total. The molecular weight excluding hydrogens is 392 g/mol. The molecule has 0 unspecified atom stereocenters. The zero-order valence-corrected chi connectivity index (χ0v) is 17.2. The van der Waals surface area contributed by atoms with E-state index in [-0.39, 0.29) is 23.8 Å². The third-order valence-electron chi connectivity index (χ3n) is 5.69. The second-order valence-electron chi connectivity index (χ2n) is 7.86. The molecule has 2 aromatic rings. The number of nitrogens with one attached hydrogen (secondary N) is 2. The Labute approximate surface area is 174 Å². The van der Waals surface area contributed by atoms with E-state index in [2.05, 4.69) is 25.9 Å². The fraction of sp³-hybridized carbons (Fsp3) is 0.550. The molecule has 0 aromatic carbocycles. The van der Waals surface area contributed by atoms with E-state index in [0.29, 0.717) is 17.3 Å². The maximum Gasteiger partial charge on any atom is 0.228 e. The number of anilines is 1. The third kappa shape index (κ3) is 4.42. The summed E-state index contributed by atoms with van der Waals surface area (Å²) in [6.45, 7) is 2.37. The van der Waals surface area contributed by atoms with Crippen LogP contribution in [0.3, 0.4) is 0 Å². The Hall–Kier alpha value is -2.48. The summed E-state index contributed by atoms with van der Waals surface area (Å²) in [5.74, 6) is 0.167. The van der Waals surface area contributed by atoms with Crippen LogP contribution in [0.15, 0.2) is 12.3 Å². The SMILES string of the molecule is CC(=O)N[C@@H]1CCC[C@H](C(=O)Nc2cc(-c3nnn4c3CCCC4)c(Cl)cn2)C1. The minimum absolute atomic E-state index is 0.0499. The van der Waals surface area contributed by atoms with Crippen molar-refractivity contribution in [2.75, 3.05) is 5.32 Å². The molecule has 1 aliphatic carbocycles. The van der Waals surface area contributed by atoms with Gasteiger partial charge in [0.05, 0.1) is 10.7 Å². The molecule has 2 aromatic heterocycles. The van der Waals surface area contributed by atoms with Crippen LogP contribution < -0.4 is 10.6 Å². The predicted octanol–water partition coefficient (Wildman–Crippen LogP) is 2.96. The number of carbonyl (C=O) groups is 2. The van der Waals surface area contributed by atoms with E-state index in [0.717, 1.165) is 62.0 Å². The average molecular weight is 417 g/mol. The van der Waals surface area contributed by atoms with Gasteiger partial charge in [0, 0.05) is 37.2 Å². The molecule has 1 saturated carbocycles.